The Morgan fingerprint density at radius 3 is 2.31 bits per heavy atom. The molecule has 2 rings (SSSR count). The Bertz CT molecular complexity index is 411. The summed E-state index contributed by atoms with van der Waals surface area (Å²) in [5.41, 5.74) is -1.12. The van der Waals surface area contributed by atoms with E-state index >= 15 is 0 Å². The highest BCUT2D eigenvalue weighted by molar-refractivity contribution is 7.85. The van der Waals surface area contributed by atoms with Gasteiger partial charge in [0.15, 0.2) is 0 Å². The summed E-state index contributed by atoms with van der Waals surface area (Å²) in [5, 5.41) is 0. The molecule has 2 aliphatic carbocycles. The van der Waals surface area contributed by atoms with Crippen LogP contribution in [0, 0.1) is 16.7 Å². The van der Waals surface area contributed by atoms with Crippen LogP contribution in [-0.4, -0.2) is 30.0 Å². The highest BCUT2D eigenvalue weighted by Crippen LogP contribution is 2.64. The minimum absolute atomic E-state index is 0. The van der Waals surface area contributed by atoms with Crippen molar-refractivity contribution in [1.29, 1.82) is 0 Å². The molecule has 3 N–H and O–H groups in total. The summed E-state index contributed by atoms with van der Waals surface area (Å²) < 4.78 is 31.0. The molecule has 2 fully saturated rings. The number of hydrogen-bond donors (Lipinski definition) is 1. The van der Waals surface area contributed by atoms with Crippen molar-refractivity contribution in [2.45, 2.75) is 33.1 Å². The third-order valence-corrected chi connectivity index (χ3v) is 5.43. The van der Waals surface area contributed by atoms with E-state index in [1.54, 1.807) is 0 Å². The standard InChI is InChI=1S/C10H16O4S.H2O/c1-9(2)7-3-4-10(9,8(11)5-7)6-15(12,13)14;/h7H,3-6H2,1-2H3,(H,12,13,14);1H2. The molecule has 2 bridgehead atoms. The molecule has 5 nitrogen and oxygen atoms in total. The van der Waals surface area contributed by atoms with Crippen molar-refractivity contribution in [3.05, 3.63) is 0 Å². The van der Waals surface area contributed by atoms with Crippen molar-refractivity contribution >= 4 is 15.9 Å². The van der Waals surface area contributed by atoms with Crippen molar-refractivity contribution in [3.63, 3.8) is 0 Å². The number of hydrogen-bond acceptors (Lipinski definition) is 3. The second-order valence-corrected chi connectivity index (χ2v) is 6.85. The van der Waals surface area contributed by atoms with Crippen LogP contribution in [0.4, 0.5) is 0 Å². The molecule has 0 heterocycles. The fraction of sp³-hybridized carbons (Fsp3) is 0.900. The molecular formula is C10H18O5S. The first-order valence-electron chi connectivity index (χ1n) is 5.17. The van der Waals surface area contributed by atoms with E-state index in [-0.39, 0.29) is 22.6 Å². The van der Waals surface area contributed by atoms with Gasteiger partial charge in [-0.3, -0.25) is 9.35 Å². The van der Waals surface area contributed by atoms with Crippen LogP contribution in [-0.2, 0) is 14.9 Å². The zero-order chi connectivity index (χ0) is 11.5. The summed E-state index contributed by atoms with van der Waals surface area (Å²) in [6, 6.07) is 0. The lowest BCUT2D eigenvalue weighted by atomic mass is 9.70. The van der Waals surface area contributed by atoms with E-state index in [4.69, 9.17) is 4.55 Å². The van der Waals surface area contributed by atoms with E-state index in [1.165, 1.54) is 0 Å². The molecular weight excluding hydrogens is 232 g/mol. The molecule has 0 aromatic rings. The summed E-state index contributed by atoms with van der Waals surface area (Å²) in [6.07, 6.45) is 1.97. The first-order valence-corrected chi connectivity index (χ1v) is 6.78. The molecule has 0 saturated heterocycles. The van der Waals surface area contributed by atoms with Crippen molar-refractivity contribution in [3.8, 4) is 0 Å². The first kappa shape index (κ1) is 13.6. The number of Topliss-reactive ketones (excluding diaryl/α,β-unsaturated/α-hetero) is 1. The SMILES string of the molecule is CC1(C)C2CCC1(CS(=O)(=O)O)C(=O)C2.O. The smallest absolute Gasteiger partial charge is 0.265 e. The van der Waals surface area contributed by atoms with Crippen LogP contribution in [0.3, 0.4) is 0 Å². The van der Waals surface area contributed by atoms with Gasteiger partial charge in [-0.25, -0.2) is 0 Å². The fourth-order valence-electron chi connectivity index (χ4n) is 3.42. The predicted octanol–water partition coefficient (Wildman–Crippen LogP) is 0.445. The molecule has 0 amide bonds. The van der Waals surface area contributed by atoms with E-state index in [1.807, 2.05) is 13.8 Å². The molecule has 6 heteroatoms. The Morgan fingerprint density at radius 2 is 2.00 bits per heavy atom. The molecule has 0 spiro atoms. The summed E-state index contributed by atoms with van der Waals surface area (Å²) in [5.74, 6) is -0.101. The van der Waals surface area contributed by atoms with Crippen LogP contribution in [0.1, 0.15) is 33.1 Å². The van der Waals surface area contributed by atoms with Gasteiger partial charge in [0.2, 0.25) is 0 Å². The van der Waals surface area contributed by atoms with Gasteiger partial charge in [-0.1, -0.05) is 13.8 Å². The zero-order valence-corrected chi connectivity index (χ0v) is 10.3. The molecule has 0 aliphatic heterocycles. The molecule has 2 unspecified atom stereocenters. The van der Waals surface area contributed by atoms with Crippen LogP contribution in [0.2, 0.25) is 0 Å². The Kier molecular flexibility index (Phi) is 2.99. The number of ketones is 1. The molecule has 94 valence electrons. The molecule has 2 aliphatic rings. The minimum Gasteiger partial charge on any atom is -0.412 e. The lowest BCUT2D eigenvalue weighted by Gasteiger charge is -2.35. The van der Waals surface area contributed by atoms with Crippen LogP contribution in [0.25, 0.3) is 0 Å². The number of rotatable bonds is 2. The molecule has 2 saturated carbocycles. The van der Waals surface area contributed by atoms with E-state index in [9.17, 15) is 13.2 Å². The average Bonchev–Trinajstić information content (AvgIpc) is 2.34. The van der Waals surface area contributed by atoms with E-state index in [2.05, 4.69) is 0 Å². The van der Waals surface area contributed by atoms with Gasteiger partial charge >= 0.3 is 0 Å². The quantitative estimate of drug-likeness (QED) is 0.718. The molecule has 16 heavy (non-hydrogen) atoms. The van der Waals surface area contributed by atoms with Gasteiger partial charge in [0.05, 0.1) is 11.2 Å². The van der Waals surface area contributed by atoms with E-state index < -0.39 is 21.3 Å². The largest absolute Gasteiger partial charge is 0.412 e. The van der Waals surface area contributed by atoms with Crippen molar-refractivity contribution < 1.29 is 23.2 Å². The maximum absolute atomic E-state index is 11.9. The van der Waals surface area contributed by atoms with Crippen molar-refractivity contribution in [1.82, 2.24) is 0 Å². The summed E-state index contributed by atoms with van der Waals surface area (Å²) in [7, 11) is -4.08. The molecule has 0 aromatic carbocycles. The van der Waals surface area contributed by atoms with Gasteiger partial charge in [0, 0.05) is 6.42 Å². The third-order valence-electron chi connectivity index (χ3n) is 4.57. The number of fused-ring (bicyclic) bond motifs is 2. The summed E-state index contributed by atoms with van der Waals surface area (Å²) >= 11 is 0. The van der Waals surface area contributed by atoms with Crippen molar-refractivity contribution in [2.75, 3.05) is 5.75 Å². The van der Waals surface area contributed by atoms with E-state index in [0.717, 1.165) is 6.42 Å². The van der Waals surface area contributed by atoms with Gasteiger partial charge in [0.25, 0.3) is 10.1 Å². The Balaban J connectivity index is 0.00000128. The van der Waals surface area contributed by atoms with Crippen LogP contribution < -0.4 is 0 Å². The van der Waals surface area contributed by atoms with Crippen LogP contribution >= 0.6 is 0 Å². The Morgan fingerprint density at radius 1 is 1.44 bits per heavy atom. The minimum atomic E-state index is -4.08. The number of carbonyl (C=O) groups is 1. The maximum Gasteiger partial charge on any atom is 0.265 e. The Hall–Kier alpha value is -0.460. The van der Waals surface area contributed by atoms with Gasteiger partial charge in [0.1, 0.15) is 5.78 Å². The Labute approximate surface area is 95.3 Å². The first-order chi connectivity index (χ1) is 6.69. The highest BCUT2D eigenvalue weighted by atomic mass is 32.2. The summed E-state index contributed by atoms with van der Waals surface area (Å²) in [4.78, 5) is 11.9. The van der Waals surface area contributed by atoms with Crippen molar-refractivity contribution in [2.24, 2.45) is 16.7 Å². The monoisotopic (exact) mass is 250 g/mol. The van der Waals surface area contributed by atoms with Gasteiger partial charge in [-0.15, -0.1) is 0 Å². The summed E-state index contributed by atoms with van der Waals surface area (Å²) in [6.45, 7) is 3.89. The molecule has 0 aromatic heterocycles. The maximum atomic E-state index is 11.9. The van der Waals surface area contributed by atoms with Gasteiger partial charge in [-0.2, -0.15) is 8.42 Å². The zero-order valence-electron chi connectivity index (χ0n) is 9.49. The van der Waals surface area contributed by atoms with E-state index in [0.29, 0.717) is 12.8 Å². The average molecular weight is 250 g/mol. The lowest BCUT2D eigenvalue weighted by Crippen LogP contribution is -2.42. The normalized spacial score (nSPS) is 36.2. The second kappa shape index (κ2) is 3.51. The van der Waals surface area contributed by atoms with Gasteiger partial charge in [-0.05, 0) is 24.2 Å². The number of carbonyl (C=O) groups excluding carboxylic acids is 1. The lowest BCUT2D eigenvalue weighted by molar-refractivity contribution is -0.128. The fourth-order valence-corrected chi connectivity index (χ4v) is 4.72. The second-order valence-electron chi connectivity index (χ2n) is 5.39. The predicted molar refractivity (Wildman–Crippen MR) is 58.6 cm³/mol. The van der Waals surface area contributed by atoms with Gasteiger partial charge < -0.3 is 5.48 Å². The van der Waals surface area contributed by atoms with Crippen LogP contribution in [0.15, 0.2) is 0 Å². The highest BCUT2D eigenvalue weighted by Gasteiger charge is 2.65. The third kappa shape index (κ3) is 1.59. The van der Waals surface area contributed by atoms with Crippen LogP contribution in [0.5, 0.6) is 0 Å². The topological polar surface area (TPSA) is 103 Å². The molecule has 0 radical (unpaired) electrons. The molecule has 2 atom stereocenters.